The standard InChI is InChI=1S/C14H21N3OS2/c1-19-13-10(15)12(11(18)9-3-4-9)20-14(13)17-7-2-5-16-6-8-17/h9,16H,2-8,15H2,1H3. The number of nitrogens with two attached hydrogens (primary N) is 1. The molecule has 2 aliphatic rings. The number of nitrogens with zero attached hydrogens (tertiary/aromatic N) is 1. The van der Waals surface area contributed by atoms with E-state index in [9.17, 15) is 4.79 Å². The molecule has 0 amide bonds. The number of rotatable bonds is 4. The summed E-state index contributed by atoms with van der Waals surface area (Å²) in [7, 11) is 0. The highest BCUT2D eigenvalue weighted by molar-refractivity contribution is 7.99. The Morgan fingerprint density at radius 2 is 2.20 bits per heavy atom. The molecule has 6 heteroatoms. The van der Waals surface area contributed by atoms with Gasteiger partial charge in [0.2, 0.25) is 0 Å². The predicted molar refractivity (Wildman–Crippen MR) is 87.3 cm³/mol. The van der Waals surface area contributed by atoms with E-state index in [1.807, 2.05) is 6.26 Å². The van der Waals surface area contributed by atoms with E-state index in [0.717, 1.165) is 55.2 Å². The molecule has 0 radical (unpaired) electrons. The lowest BCUT2D eigenvalue weighted by atomic mass is 10.2. The Labute approximate surface area is 128 Å². The molecule has 0 atom stereocenters. The molecule has 1 aliphatic carbocycles. The highest BCUT2D eigenvalue weighted by atomic mass is 32.2. The van der Waals surface area contributed by atoms with E-state index >= 15 is 0 Å². The maximum atomic E-state index is 12.4. The Bertz CT molecular complexity index is 503. The number of carbonyl (C=O) groups excluding carboxylic acids is 1. The molecular weight excluding hydrogens is 290 g/mol. The van der Waals surface area contributed by atoms with E-state index in [2.05, 4.69) is 10.2 Å². The Morgan fingerprint density at radius 1 is 1.40 bits per heavy atom. The van der Waals surface area contributed by atoms with Crippen molar-refractivity contribution < 1.29 is 4.79 Å². The lowest BCUT2D eigenvalue weighted by molar-refractivity contribution is 0.0972. The number of nitrogen functional groups attached to an aromatic ring is 1. The van der Waals surface area contributed by atoms with Crippen LogP contribution in [0.15, 0.2) is 4.90 Å². The fourth-order valence-corrected chi connectivity index (χ4v) is 4.84. The van der Waals surface area contributed by atoms with Gasteiger partial charge in [0.25, 0.3) is 0 Å². The second kappa shape index (κ2) is 5.95. The van der Waals surface area contributed by atoms with Crippen LogP contribution in [-0.4, -0.2) is 38.2 Å². The lowest BCUT2D eigenvalue weighted by Gasteiger charge is -2.21. The molecule has 0 unspecified atom stereocenters. The molecule has 0 bridgehead atoms. The lowest BCUT2D eigenvalue weighted by Crippen LogP contribution is -2.27. The number of carbonyl (C=O) groups is 1. The van der Waals surface area contributed by atoms with Crippen molar-refractivity contribution in [1.82, 2.24) is 5.32 Å². The third-order valence-corrected chi connectivity index (χ3v) is 6.12. The molecule has 0 aromatic carbocycles. The number of nitrogens with one attached hydrogen (secondary N) is 1. The fraction of sp³-hybridized carbons (Fsp3) is 0.643. The average molecular weight is 311 g/mol. The summed E-state index contributed by atoms with van der Waals surface area (Å²) in [6.07, 6.45) is 5.25. The van der Waals surface area contributed by atoms with Crippen LogP contribution in [0.25, 0.3) is 0 Å². The van der Waals surface area contributed by atoms with Crippen LogP contribution in [-0.2, 0) is 0 Å². The van der Waals surface area contributed by atoms with Crippen molar-refractivity contribution in [3.8, 4) is 0 Å². The molecule has 110 valence electrons. The smallest absolute Gasteiger partial charge is 0.178 e. The van der Waals surface area contributed by atoms with E-state index in [1.165, 1.54) is 5.00 Å². The summed E-state index contributed by atoms with van der Waals surface area (Å²) in [6, 6.07) is 0. The van der Waals surface area contributed by atoms with Crippen LogP contribution in [0.5, 0.6) is 0 Å². The third-order valence-electron chi connectivity index (χ3n) is 3.89. The molecule has 1 aromatic heterocycles. The molecule has 1 saturated heterocycles. The van der Waals surface area contributed by atoms with Gasteiger partial charge in [-0.25, -0.2) is 0 Å². The monoisotopic (exact) mass is 311 g/mol. The number of ketones is 1. The SMILES string of the molecule is CSc1c(N2CCCNCC2)sc(C(=O)C2CC2)c1N. The normalized spacial score (nSPS) is 19.9. The first kappa shape index (κ1) is 14.2. The van der Waals surface area contributed by atoms with Gasteiger partial charge in [0.1, 0.15) is 5.00 Å². The first-order valence-electron chi connectivity index (χ1n) is 7.18. The number of hydrogen-bond acceptors (Lipinski definition) is 6. The topological polar surface area (TPSA) is 58.4 Å². The quantitative estimate of drug-likeness (QED) is 0.661. The van der Waals surface area contributed by atoms with Crippen molar-refractivity contribution in [2.24, 2.45) is 5.92 Å². The Morgan fingerprint density at radius 3 is 2.90 bits per heavy atom. The molecule has 1 aromatic rings. The third kappa shape index (κ3) is 2.69. The van der Waals surface area contributed by atoms with E-state index in [4.69, 9.17) is 5.73 Å². The van der Waals surface area contributed by atoms with Gasteiger partial charge in [-0.3, -0.25) is 4.79 Å². The Kier molecular flexibility index (Phi) is 4.23. The van der Waals surface area contributed by atoms with Gasteiger partial charge in [-0.1, -0.05) is 0 Å². The van der Waals surface area contributed by atoms with Gasteiger partial charge in [-0.05, 0) is 32.1 Å². The average Bonchev–Trinajstić information content (AvgIpc) is 3.25. The summed E-state index contributed by atoms with van der Waals surface area (Å²) >= 11 is 3.27. The zero-order valence-corrected chi connectivity index (χ0v) is 13.4. The van der Waals surface area contributed by atoms with Gasteiger partial charge in [-0.15, -0.1) is 23.1 Å². The van der Waals surface area contributed by atoms with Gasteiger partial charge in [0.05, 0.1) is 15.5 Å². The second-order valence-electron chi connectivity index (χ2n) is 5.41. The van der Waals surface area contributed by atoms with E-state index in [1.54, 1.807) is 23.1 Å². The zero-order chi connectivity index (χ0) is 14.1. The molecule has 1 saturated carbocycles. The van der Waals surface area contributed by atoms with E-state index < -0.39 is 0 Å². The van der Waals surface area contributed by atoms with Gasteiger partial charge in [0, 0.05) is 25.6 Å². The van der Waals surface area contributed by atoms with Crippen LogP contribution in [0.2, 0.25) is 0 Å². The maximum Gasteiger partial charge on any atom is 0.178 e. The van der Waals surface area contributed by atoms with Crippen molar-refractivity contribution in [1.29, 1.82) is 0 Å². The number of thiophene rings is 1. The van der Waals surface area contributed by atoms with Crippen molar-refractivity contribution in [3.05, 3.63) is 4.88 Å². The van der Waals surface area contributed by atoms with Crippen LogP contribution in [0.3, 0.4) is 0 Å². The van der Waals surface area contributed by atoms with Crippen LogP contribution >= 0.6 is 23.1 Å². The highest BCUT2D eigenvalue weighted by Crippen LogP contribution is 2.46. The van der Waals surface area contributed by atoms with Crippen molar-refractivity contribution in [3.63, 3.8) is 0 Å². The molecule has 2 heterocycles. The minimum absolute atomic E-state index is 0.240. The minimum Gasteiger partial charge on any atom is -0.396 e. The molecule has 1 aliphatic heterocycles. The van der Waals surface area contributed by atoms with Gasteiger partial charge in [-0.2, -0.15) is 0 Å². The summed E-state index contributed by atoms with van der Waals surface area (Å²) in [6.45, 7) is 4.10. The number of anilines is 2. The summed E-state index contributed by atoms with van der Waals surface area (Å²) in [5.74, 6) is 0.506. The Balaban J connectivity index is 1.92. The van der Waals surface area contributed by atoms with Crippen molar-refractivity contribution in [2.45, 2.75) is 24.2 Å². The highest BCUT2D eigenvalue weighted by Gasteiger charge is 2.34. The minimum atomic E-state index is 0.240. The summed E-state index contributed by atoms with van der Waals surface area (Å²) in [4.78, 5) is 16.6. The first-order valence-corrected chi connectivity index (χ1v) is 9.22. The van der Waals surface area contributed by atoms with Crippen LogP contribution in [0, 0.1) is 5.92 Å². The number of Topliss-reactive ketones (excluding diaryl/α,β-unsaturated/α-hetero) is 1. The van der Waals surface area contributed by atoms with Gasteiger partial charge >= 0.3 is 0 Å². The zero-order valence-electron chi connectivity index (χ0n) is 11.8. The maximum absolute atomic E-state index is 12.4. The van der Waals surface area contributed by atoms with Crippen LogP contribution in [0.4, 0.5) is 10.7 Å². The molecular formula is C14H21N3OS2. The summed E-state index contributed by atoms with van der Waals surface area (Å²) in [5, 5.41) is 4.61. The Hall–Kier alpha value is -0.720. The fourth-order valence-electron chi connectivity index (χ4n) is 2.58. The first-order chi connectivity index (χ1) is 9.72. The largest absolute Gasteiger partial charge is 0.396 e. The predicted octanol–water partition coefficient (Wildman–Crippen LogP) is 2.44. The molecule has 4 nitrogen and oxygen atoms in total. The molecule has 3 rings (SSSR count). The van der Waals surface area contributed by atoms with Crippen LogP contribution in [0.1, 0.15) is 28.9 Å². The summed E-state index contributed by atoms with van der Waals surface area (Å²) < 4.78 is 0. The second-order valence-corrected chi connectivity index (χ2v) is 7.23. The summed E-state index contributed by atoms with van der Waals surface area (Å²) in [5.41, 5.74) is 6.97. The van der Waals surface area contributed by atoms with Crippen molar-refractivity contribution >= 4 is 39.6 Å². The molecule has 2 fully saturated rings. The molecule has 0 spiro atoms. The molecule has 20 heavy (non-hydrogen) atoms. The van der Waals surface area contributed by atoms with Crippen LogP contribution < -0.4 is 16.0 Å². The van der Waals surface area contributed by atoms with Gasteiger partial charge in [0.15, 0.2) is 5.78 Å². The van der Waals surface area contributed by atoms with E-state index in [-0.39, 0.29) is 11.7 Å². The van der Waals surface area contributed by atoms with E-state index in [0.29, 0.717) is 5.69 Å². The van der Waals surface area contributed by atoms with Gasteiger partial charge < -0.3 is 16.0 Å². The van der Waals surface area contributed by atoms with Crippen molar-refractivity contribution in [2.75, 3.05) is 43.1 Å². The molecule has 3 N–H and O–H groups in total. The number of hydrogen-bond donors (Lipinski definition) is 2. The number of thioether (sulfide) groups is 1.